The lowest BCUT2D eigenvalue weighted by molar-refractivity contribution is 0.481. The minimum absolute atomic E-state index is 0.00647. The molecular weight excluding hydrogens is 534 g/mol. The van der Waals surface area contributed by atoms with Crippen molar-refractivity contribution in [3.05, 3.63) is 89.7 Å². The summed E-state index contributed by atoms with van der Waals surface area (Å²) >= 11 is 7.48. The summed E-state index contributed by atoms with van der Waals surface area (Å²) in [6.45, 7) is 0. The van der Waals surface area contributed by atoms with E-state index in [2.05, 4.69) is 19.7 Å². The normalized spacial score (nSPS) is 11.4. The van der Waals surface area contributed by atoms with Crippen LogP contribution >= 0.6 is 22.9 Å². The molecule has 5 aromatic rings. The number of pyridine rings is 2. The third-order valence-corrected chi connectivity index (χ3v) is 7.33. The quantitative estimate of drug-likeness (QED) is 0.236. The fraction of sp³-hybridized carbons (Fsp3) is 0. The Hall–Kier alpha value is -3.87. The molecule has 0 aliphatic heterocycles. The molecule has 4 heterocycles. The van der Waals surface area contributed by atoms with Gasteiger partial charge in [-0.1, -0.05) is 11.6 Å². The van der Waals surface area contributed by atoms with Crippen LogP contribution in [-0.4, -0.2) is 23.4 Å². The van der Waals surface area contributed by atoms with Crippen molar-refractivity contribution in [2.45, 2.75) is 4.90 Å². The van der Waals surface area contributed by atoms with Crippen molar-refractivity contribution < 1.29 is 26.4 Å². The molecule has 1 N–H and O–H groups in total. The summed E-state index contributed by atoms with van der Waals surface area (Å²) in [7, 11) is -3.92. The molecule has 0 unspecified atom stereocenters. The van der Waals surface area contributed by atoms with Crippen molar-refractivity contribution in [2.24, 2.45) is 0 Å². The maximum absolute atomic E-state index is 14.2. The smallest absolute Gasteiger partial charge is 0.263 e. The van der Waals surface area contributed by atoms with E-state index in [-0.39, 0.29) is 37.8 Å². The van der Waals surface area contributed by atoms with Crippen molar-refractivity contribution >= 4 is 38.1 Å². The number of rotatable bonds is 7. The molecule has 0 fully saturated rings. The van der Waals surface area contributed by atoms with E-state index in [0.717, 1.165) is 17.4 Å². The Labute approximate surface area is 212 Å². The van der Waals surface area contributed by atoms with Gasteiger partial charge in [0.15, 0.2) is 10.9 Å². The van der Waals surface area contributed by atoms with E-state index >= 15 is 0 Å². The van der Waals surface area contributed by atoms with Gasteiger partial charge in [-0.3, -0.25) is 9.71 Å². The first-order chi connectivity index (χ1) is 17.3. The number of thiazole rings is 1. The molecule has 0 aliphatic rings. The maximum atomic E-state index is 14.2. The van der Waals surface area contributed by atoms with Gasteiger partial charge in [0, 0.05) is 22.7 Å². The van der Waals surface area contributed by atoms with Crippen LogP contribution in [0.1, 0.15) is 0 Å². The van der Waals surface area contributed by atoms with Gasteiger partial charge in [0.25, 0.3) is 10.0 Å². The standard InChI is InChI=1S/C23H13ClF2N4O4S2/c24-17-9-14(36(31,32)30-23-27-6-8-35-23)1-3-19(17)34-20-11-28-18(10-16(20)13-5-7-33-12-13)15-2-4-21(25)29-22(15)26/h1-12H,(H,27,30). The lowest BCUT2D eigenvalue weighted by Gasteiger charge is -2.14. The molecule has 36 heavy (non-hydrogen) atoms. The molecule has 0 aliphatic carbocycles. The van der Waals surface area contributed by atoms with Gasteiger partial charge in [-0.15, -0.1) is 11.3 Å². The molecule has 0 spiro atoms. The van der Waals surface area contributed by atoms with Gasteiger partial charge < -0.3 is 9.15 Å². The molecule has 0 radical (unpaired) electrons. The van der Waals surface area contributed by atoms with Crippen LogP contribution in [0.3, 0.4) is 0 Å². The predicted octanol–water partition coefficient (Wildman–Crippen LogP) is 6.38. The van der Waals surface area contributed by atoms with Gasteiger partial charge in [-0.05, 0) is 42.5 Å². The monoisotopic (exact) mass is 546 g/mol. The average Bonchev–Trinajstić information content (AvgIpc) is 3.55. The highest BCUT2D eigenvalue weighted by Gasteiger charge is 2.20. The zero-order chi connectivity index (χ0) is 25.3. The second-order valence-corrected chi connectivity index (χ2v) is 10.2. The first-order valence-electron chi connectivity index (χ1n) is 10.0. The van der Waals surface area contributed by atoms with Gasteiger partial charge in [0.05, 0.1) is 39.9 Å². The van der Waals surface area contributed by atoms with Gasteiger partial charge in [-0.25, -0.2) is 13.4 Å². The molecular formula is C23H13ClF2N4O4S2. The Morgan fingerprint density at radius 3 is 2.58 bits per heavy atom. The fourth-order valence-corrected chi connectivity index (χ4v) is 5.31. The fourth-order valence-electron chi connectivity index (χ4n) is 3.22. The molecule has 1 aromatic carbocycles. The Morgan fingerprint density at radius 2 is 1.89 bits per heavy atom. The highest BCUT2D eigenvalue weighted by atomic mass is 35.5. The molecule has 0 amide bonds. The second-order valence-electron chi connectivity index (χ2n) is 7.19. The number of benzene rings is 1. The Balaban J connectivity index is 1.48. The molecule has 0 bridgehead atoms. The number of ether oxygens (including phenoxy) is 1. The number of sulfonamides is 1. The number of aromatic nitrogens is 3. The summed E-state index contributed by atoms with van der Waals surface area (Å²) in [5.41, 5.74) is 1.24. The van der Waals surface area contributed by atoms with Gasteiger partial charge in [-0.2, -0.15) is 13.8 Å². The van der Waals surface area contributed by atoms with E-state index in [1.165, 1.54) is 55.3 Å². The summed E-state index contributed by atoms with van der Waals surface area (Å²) < 4.78 is 66.2. The molecule has 4 aromatic heterocycles. The number of halogens is 3. The number of nitrogens with zero attached hydrogens (tertiary/aromatic N) is 3. The minimum Gasteiger partial charge on any atom is -0.472 e. The zero-order valence-electron chi connectivity index (χ0n) is 17.9. The summed E-state index contributed by atoms with van der Waals surface area (Å²) in [4.78, 5) is 11.2. The molecule has 0 saturated heterocycles. The van der Waals surface area contributed by atoms with Crippen molar-refractivity contribution in [3.8, 4) is 33.9 Å². The van der Waals surface area contributed by atoms with Gasteiger partial charge >= 0.3 is 0 Å². The molecule has 182 valence electrons. The SMILES string of the molecule is O=S(=O)(Nc1nccs1)c1ccc(Oc2cnc(-c3ccc(F)nc3F)cc2-c2ccoc2)c(Cl)c1. The van der Waals surface area contributed by atoms with Crippen LogP contribution < -0.4 is 9.46 Å². The summed E-state index contributed by atoms with van der Waals surface area (Å²) in [5.74, 6) is -1.58. The Kier molecular flexibility index (Phi) is 6.39. The number of anilines is 1. The number of hydrogen-bond acceptors (Lipinski definition) is 8. The number of hydrogen-bond donors (Lipinski definition) is 1. The first-order valence-corrected chi connectivity index (χ1v) is 12.8. The van der Waals surface area contributed by atoms with Crippen molar-refractivity contribution in [1.82, 2.24) is 15.0 Å². The summed E-state index contributed by atoms with van der Waals surface area (Å²) in [6.07, 6.45) is 5.71. The molecule has 13 heteroatoms. The van der Waals surface area contributed by atoms with E-state index in [4.69, 9.17) is 20.8 Å². The first kappa shape index (κ1) is 23.9. The van der Waals surface area contributed by atoms with Crippen LogP contribution in [0.5, 0.6) is 11.5 Å². The average molecular weight is 547 g/mol. The molecule has 5 rings (SSSR count). The van der Waals surface area contributed by atoms with Gasteiger partial charge in [0.2, 0.25) is 11.9 Å². The van der Waals surface area contributed by atoms with E-state index in [1.54, 1.807) is 11.4 Å². The molecule has 0 atom stereocenters. The van der Waals surface area contributed by atoms with Crippen molar-refractivity contribution in [2.75, 3.05) is 4.72 Å². The number of nitrogens with one attached hydrogen (secondary N) is 1. The maximum Gasteiger partial charge on any atom is 0.263 e. The lowest BCUT2D eigenvalue weighted by atomic mass is 10.1. The molecule has 8 nitrogen and oxygen atoms in total. The van der Waals surface area contributed by atoms with E-state index in [0.29, 0.717) is 11.1 Å². The highest BCUT2D eigenvalue weighted by Crippen LogP contribution is 2.39. The third-order valence-electron chi connectivity index (χ3n) is 4.88. The minimum atomic E-state index is -3.92. The van der Waals surface area contributed by atoms with Crippen molar-refractivity contribution in [3.63, 3.8) is 0 Å². The Bertz CT molecular complexity index is 1650. The van der Waals surface area contributed by atoms with Crippen LogP contribution in [-0.2, 0) is 10.0 Å². The predicted molar refractivity (Wildman–Crippen MR) is 130 cm³/mol. The zero-order valence-corrected chi connectivity index (χ0v) is 20.2. The largest absolute Gasteiger partial charge is 0.472 e. The van der Waals surface area contributed by atoms with Crippen LogP contribution in [0.4, 0.5) is 13.9 Å². The Morgan fingerprint density at radius 1 is 1.03 bits per heavy atom. The van der Waals surface area contributed by atoms with Crippen LogP contribution in [0.15, 0.2) is 82.1 Å². The number of furan rings is 1. The van der Waals surface area contributed by atoms with Crippen LogP contribution in [0, 0.1) is 11.9 Å². The second kappa shape index (κ2) is 9.64. The molecule has 0 saturated carbocycles. The highest BCUT2D eigenvalue weighted by molar-refractivity contribution is 7.93. The lowest BCUT2D eigenvalue weighted by Crippen LogP contribution is -2.12. The van der Waals surface area contributed by atoms with Crippen LogP contribution in [0.25, 0.3) is 22.4 Å². The summed E-state index contributed by atoms with van der Waals surface area (Å²) in [6, 6.07) is 9.42. The van der Waals surface area contributed by atoms with Crippen LogP contribution in [0.2, 0.25) is 5.02 Å². The van der Waals surface area contributed by atoms with Crippen molar-refractivity contribution in [1.29, 1.82) is 0 Å². The summed E-state index contributed by atoms with van der Waals surface area (Å²) in [5, 5.41) is 1.88. The van der Waals surface area contributed by atoms with E-state index in [1.807, 2.05) is 0 Å². The van der Waals surface area contributed by atoms with E-state index < -0.39 is 21.9 Å². The topological polar surface area (TPSA) is 107 Å². The van der Waals surface area contributed by atoms with Gasteiger partial charge in [0.1, 0.15) is 5.75 Å². The third kappa shape index (κ3) is 4.91. The van der Waals surface area contributed by atoms with E-state index in [9.17, 15) is 17.2 Å².